The lowest BCUT2D eigenvalue weighted by molar-refractivity contribution is -0.136. The van der Waals surface area contributed by atoms with Crippen LogP contribution in [0.25, 0.3) is 11.8 Å². The number of hydrogen-bond donors (Lipinski definition) is 0. The maximum atomic E-state index is 14.5. The number of para-hydroxylation sites is 1. The maximum absolute atomic E-state index is 14.5. The number of halogens is 1. The van der Waals surface area contributed by atoms with Crippen molar-refractivity contribution in [2.45, 2.75) is 34.6 Å². The van der Waals surface area contributed by atoms with E-state index in [4.69, 9.17) is 4.74 Å². The van der Waals surface area contributed by atoms with Gasteiger partial charge in [-0.05, 0) is 87.7 Å². The fourth-order valence-electron chi connectivity index (χ4n) is 4.66. The molecule has 0 radical (unpaired) electrons. The predicted molar refractivity (Wildman–Crippen MR) is 131 cm³/mol. The molecule has 5 nitrogen and oxygen atoms in total. The van der Waals surface area contributed by atoms with Gasteiger partial charge in [0.05, 0.1) is 23.9 Å². The van der Waals surface area contributed by atoms with E-state index in [0.29, 0.717) is 17.1 Å². The topological polar surface area (TPSA) is 51.5 Å². The number of esters is 1. The van der Waals surface area contributed by atoms with Crippen molar-refractivity contribution in [1.82, 2.24) is 4.57 Å². The Kier molecular flexibility index (Phi) is 6.00. The third kappa shape index (κ3) is 3.85. The maximum Gasteiger partial charge on any atom is 0.340 e. The number of aryl methyl sites for hydroxylation is 3. The van der Waals surface area contributed by atoms with Crippen LogP contribution in [0.3, 0.4) is 0 Å². The lowest BCUT2D eigenvalue weighted by atomic mass is 10.0. The molecule has 1 amide bonds. The summed E-state index contributed by atoms with van der Waals surface area (Å²) in [6.45, 7) is 9.41. The fourth-order valence-corrected chi connectivity index (χ4v) is 4.66. The van der Waals surface area contributed by atoms with Gasteiger partial charge in [0.2, 0.25) is 0 Å². The van der Waals surface area contributed by atoms with E-state index >= 15 is 0 Å². The average molecular weight is 459 g/mol. The van der Waals surface area contributed by atoms with Gasteiger partial charge in [0.15, 0.2) is 0 Å². The van der Waals surface area contributed by atoms with Crippen LogP contribution in [0, 0.1) is 33.5 Å². The summed E-state index contributed by atoms with van der Waals surface area (Å²) in [5.74, 6) is -1.22. The van der Waals surface area contributed by atoms with Crippen LogP contribution >= 0.6 is 0 Å². The fraction of sp³-hybridized carbons (Fsp3) is 0.214. The van der Waals surface area contributed by atoms with E-state index in [0.717, 1.165) is 28.1 Å². The highest BCUT2D eigenvalue weighted by Crippen LogP contribution is 2.37. The van der Waals surface area contributed by atoms with Gasteiger partial charge >= 0.3 is 5.97 Å². The summed E-state index contributed by atoms with van der Waals surface area (Å²) in [6.07, 6.45) is 1.69. The van der Waals surface area contributed by atoms with Crippen molar-refractivity contribution in [3.05, 3.63) is 99.3 Å². The zero-order chi connectivity index (χ0) is 24.7. The minimum absolute atomic E-state index is 0.224. The standard InChI is InChI=1S/C28H27FN2O3/c1-16-11-17(2)13-22(12-16)31-20(5)26(28(33)34-6)23(27(31)32)15-21-14-18(3)30(19(21)4)25-10-8-7-9-24(25)29/h7-15H,1-6H3/b23-15-. The molecule has 34 heavy (non-hydrogen) atoms. The van der Waals surface area contributed by atoms with Gasteiger partial charge in [0, 0.05) is 22.8 Å². The Bertz CT molecular complexity index is 1370. The number of ether oxygens (including phenoxy) is 1. The van der Waals surface area contributed by atoms with Crippen molar-refractivity contribution in [2.75, 3.05) is 12.0 Å². The molecule has 0 spiro atoms. The number of anilines is 1. The van der Waals surface area contributed by atoms with E-state index < -0.39 is 5.97 Å². The van der Waals surface area contributed by atoms with E-state index in [1.165, 1.54) is 13.2 Å². The van der Waals surface area contributed by atoms with Gasteiger partial charge in [0.1, 0.15) is 5.82 Å². The molecule has 0 atom stereocenters. The number of nitrogens with zero attached hydrogens (tertiary/aromatic N) is 2. The molecule has 1 aliphatic heterocycles. The summed E-state index contributed by atoms with van der Waals surface area (Å²) in [4.78, 5) is 27.9. The van der Waals surface area contributed by atoms with Crippen molar-refractivity contribution in [3.63, 3.8) is 0 Å². The van der Waals surface area contributed by atoms with Gasteiger partial charge in [-0.2, -0.15) is 0 Å². The Morgan fingerprint density at radius 2 is 1.62 bits per heavy atom. The highest BCUT2D eigenvalue weighted by molar-refractivity contribution is 6.23. The summed E-state index contributed by atoms with van der Waals surface area (Å²) >= 11 is 0. The van der Waals surface area contributed by atoms with Crippen LogP contribution in [-0.2, 0) is 14.3 Å². The molecule has 1 aromatic heterocycles. The molecule has 0 saturated carbocycles. The van der Waals surface area contributed by atoms with Crippen molar-refractivity contribution >= 4 is 23.6 Å². The molecule has 0 unspecified atom stereocenters. The van der Waals surface area contributed by atoms with Crippen LogP contribution in [0.1, 0.15) is 35.0 Å². The first-order chi connectivity index (χ1) is 16.1. The molecular formula is C28H27FN2O3. The number of carbonyl (C=O) groups is 2. The quantitative estimate of drug-likeness (QED) is 0.371. The van der Waals surface area contributed by atoms with Crippen LogP contribution in [0.2, 0.25) is 0 Å². The number of benzene rings is 2. The number of allylic oxidation sites excluding steroid dienone is 1. The predicted octanol–water partition coefficient (Wildman–Crippen LogP) is 5.73. The van der Waals surface area contributed by atoms with Crippen molar-refractivity contribution in [2.24, 2.45) is 0 Å². The van der Waals surface area contributed by atoms with Crippen molar-refractivity contribution in [1.29, 1.82) is 0 Å². The molecule has 0 fully saturated rings. The molecule has 0 aliphatic carbocycles. The van der Waals surface area contributed by atoms with Crippen molar-refractivity contribution < 1.29 is 18.7 Å². The summed E-state index contributed by atoms with van der Waals surface area (Å²) in [7, 11) is 1.30. The highest BCUT2D eigenvalue weighted by atomic mass is 19.1. The SMILES string of the molecule is COC(=O)C1=C(C)N(c2cc(C)cc(C)c2)C(=O)/C1=C\c1cc(C)n(-c2ccccc2F)c1C. The lowest BCUT2D eigenvalue weighted by Crippen LogP contribution is -2.24. The van der Waals surface area contributed by atoms with Gasteiger partial charge in [0.25, 0.3) is 5.91 Å². The number of carbonyl (C=O) groups excluding carboxylic acids is 2. The third-order valence-corrected chi connectivity index (χ3v) is 6.12. The zero-order valence-corrected chi connectivity index (χ0v) is 20.2. The Morgan fingerprint density at radius 1 is 0.971 bits per heavy atom. The van der Waals surface area contributed by atoms with Crippen molar-refractivity contribution in [3.8, 4) is 5.69 Å². The summed E-state index contributed by atoms with van der Waals surface area (Å²) < 4.78 is 21.3. The van der Waals surface area contributed by atoms with Crippen LogP contribution in [0.15, 0.2) is 65.4 Å². The molecule has 2 heterocycles. The van der Waals surface area contributed by atoms with E-state index in [-0.39, 0.29) is 22.9 Å². The summed E-state index contributed by atoms with van der Waals surface area (Å²) in [6, 6.07) is 14.3. The van der Waals surface area contributed by atoms with Crippen LogP contribution < -0.4 is 4.90 Å². The van der Waals surface area contributed by atoms with Gasteiger partial charge < -0.3 is 9.30 Å². The van der Waals surface area contributed by atoms with Gasteiger partial charge in [-0.15, -0.1) is 0 Å². The minimum Gasteiger partial charge on any atom is -0.465 e. The lowest BCUT2D eigenvalue weighted by Gasteiger charge is -2.19. The third-order valence-electron chi connectivity index (χ3n) is 6.12. The molecule has 2 aromatic carbocycles. The largest absolute Gasteiger partial charge is 0.465 e. The normalized spacial score (nSPS) is 15.0. The van der Waals surface area contributed by atoms with E-state index in [9.17, 15) is 14.0 Å². The molecule has 4 rings (SSSR count). The van der Waals surface area contributed by atoms with E-state index in [1.807, 2.05) is 52.0 Å². The number of aromatic nitrogens is 1. The molecule has 6 heteroatoms. The van der Waals surface area contributed by atoms with E-state index in [1.54, 1.807) is 40.7 Å². The minimum atomic E-state index is -0.577. The van der Waals surface area contributed by atoms with Crippen LogP contribution in [0.4, 0.5) is 10.1 Å². The number of methoxy groups -OCH3 is 1. The second kappa shape index (κ2) is 8.78. The van der Waals surface area contributed by atoms with Gasteiger partial charge in [-0.3, -0.25) is 9.69 Å². The highest BCUT2D eigenvalue weighted by Gasteiger charge is 2.38. The second-order valence-corrected chi connectivity index (χ2v) is 8.61. The molecule has 3 aromatic rings. The molecule has 0 saturated heterocycles. The first-order valence-corrected chi connectivity index (χ1v) is 11.0. The molecule has 1 aliphatic rings. The molecule has 0 N–H and O–H groups in total. The molecular weight excluding hydrogens is 431 g/mol. The Balaban J connectivity index is 1.88. The van der Waals surface area contributed by atoms with E-state index in [2.05, 4.69) is 0 Å². The first kappa shape index (κ1) is 23.2. The van der Waals surface area contributed by atoms with Crippen LogP contribution in [0.5, 0.6) is 0 Å². The smallest absolute Gasteiger partial charge is 0.340 e. The van der Waals surface area contributed by atoms with Gasteiger partial charge in [-0.25, -0.2) is 9.18 Å². The van der Waals surface area contributed by atoms with Gasteiger partial charge in [-0.1, -0.05) is 18.2 Å². The Labute approximate surface area is 198 Å². The number of amides is 1. The number of hydrogen-bond acceptors (Lipinski definition) is 3. The molecule has 174 valence electrons. The zero-order valence-electron chi connectivity index (χ0n) is 20.2. The number of rotatable bonds is 4. The second-order valence-electron chi connectivity index (χ2n) is 8.61. The monoisotopic (exact) mass is 458 g/mol. The summed E-state index contributed by atoms with van der Waals surface area (Å²) in [5.41, 5.74) is 6.43. The summed E-state index contributed by atoms with van der Waals surface area (Å²) in [5, 5.41) is 0. The first-order valence-electron chi connectivity index (χ1n) is 11.0. The van der Waals surface area contributed by atoms with Crippen LogP contribution in [-0.4, -0.2) is 23.6 Å². The Hall–Kier alpha value is -3.93. The Morgan fingerprint density at radius 3 is 2.24 bits per heavy atom. The molecule has 0 bridgehead atoms. The average Bonchev–Trinajstić information content (AvgIpc) is 3.19.